The van der Waals surface area contributed by atoms with Crippen LogP contribution in [0.4, 0.5) is 0 Å². The average molecular weight is 246 g/mol. The summed E-state index contributed by atoms with van der Waals surface area (Å²) >= 11 is 0. The van der Waals surface area contributed by atoms with Gasteiger partial charge in [0.15, 0.2) is 0 Å². The first-order chi connectivity index (χ1) is 8.55. The van der Waals surface area contributed by atoms with Crippen LogP contribution in [0.3, 0.4) is 0 Å². The van der Waals surface area contributed by atoms with Gasteiger partial charge in [-0.2, -0.15) is 0 Å². The van der Waals surface area contributed by atoms with Crippen LogP contribution in [0.1, 0.15) is 43.4 Å². The molecule has 0 heterocycles. The lowest BCUT2D eigenvalue weighted by atomic mass is 9.97. The zero-order chi connectivity index (χ0) is 13.2. The van der Waals surface area contributed by atoms with E-state index in [1.807, 2.05) is 13.8 Å². The summed E-state index contributed by atoms with van der Waals surface area (Å²) in [6.07, 6.45) is 4.36. The van der Waals surface area contributed by atoms with Crippen molar-refractivity contribution in [3.05, 3.63) is 34.9 Å². The van der Waals surface area contributed by atoms with Crippen LogP contribution in [0.25, 0.3) is 0 Å². The van der Waals surface area contributed by atoms with E-state index in [2.05, 4.69) is 23.5 Å². The zero-order valence-electron chi connectivity index (χ0n) is 11.3. The Kier molecular flexibility index (Phi) is 3.71. The standard InChI is InChI=1S/C15H22N2O/c1-3-15(2,14(16)18)17-10-11-7-8-12-5-4-6-13(12)9-11/h7-9,17H,3-6,10H2,1-2H3,(H2,16,18). The van der Waals surface area contributed by atoms with Crippen molar-refractivity contribution in [2.75, 3.05) is 0 Å². The van der Waals surface area contributed by atoms with Crippen molar-refractivity contribution in [3.8, 4) is 0 Å². The molecule has 0 aliphatic heterocycles. The second-order valence-electron chi connectivity index (χ2n) is 5.36. The highest BCUT2D eigenvalue weighted by Crippen LogP contribution is 2.23. The van der Waals surface area contributed by atoms with Crippen LogP contribution in [-0.2, 0) is 24.2 Å². The van der Waals surface area contributed by atoms with E-state index in [1.165, 1.54) is 36.0 Å². The van der Waals surface area contributed by atoms with Gasteiger partial charge in [-0.05, 0) is 49.3 Å². The van der Waals surface area contributed by atoms with Crippen molar-refractivity contribution < 1.29 is 4.79 Å². The third-order valence-electron chi connectivity index (χ3n) is 4.10. The number of nitrogens with two attached hydrogens (primary N) is 1. The van der Waals surface area contributed by atoms with E-state index >= 15 is 0 Å². The van der Waals surface area contributed by atoms with Gasteiger partial charge in [-0.15, -0.1) is 0 Å². The maximum atomic E-state index is 11.4. The number of fused-ring (bicyclic) bond motifs is 1. The van der Waals surface area contributed by atoms with Crippen LogP contribution < -0.4 is 11.1 Å². The number of nitrogens with one attached hydrogen (secondary N) is 1. The van der Waals surface area contributed by atoms with Crippen LogP contribution in [-0.4, -0.2) is 11.4 Å². The molecule has 0 aromatic heterocycles. The Hall–Kier alpha value is -1.35. The molecule has 0 saturated carbocycles. The predicted molar refractivity (Wildman–Crippen MR) is 73.2 cm³/mol. The minimum absolute atomic E-state index is 0.286. The fraction of sp³-hybridized carbons (Fsp3) is 0.533. The number of amides is 1. The number of carbonyl (C=O) groups is 1. The highest BCUT2D eigenvalue weighted by molar-refractivity contribution is 5.84. The van der Waals surface area contributed by atoms with E-state index < -0.39 is 5.54 Å². The predicted octanol–water partition coefficient (Wildman–Crippen LogP) is 1.92. The van der Waals surface area contributed by atoms with Gasteiger partial charge in [-0.3, -0.25) is 10.1 Å². The SMILES string of the molecule is CCC(C)(NCc1ccc2c(c1)CCC2)C(N)=O. The Balaban J connectivity index is 2.04. The molecule has 98 valence electrons. The van der Waals surface area contributed by atoms with E-state index in [0.717, 1.165) is 0 Å². The summed E-state index contributed by atoms with van der Waals surface area (Å²) in [6, 6.07) is 6.62. The highest BCUT2D eigenvalue weighted by atomic mass is 16.1. The minimum atomic E-state index is -0.612. The molecule has 0 radical (unpaired) electrons. The van der Waals surface area contributed by atoms with Gasteiger partial charge in [-0.25, -0.2) is 0 Å². The van der Waals surface area contributed by atoms with Crippen molar-refractivity contribution in [1.82, 2.24) is 5.32 Å². The van der Waals surface area contributed by atoms with Gasteiger partial charge in [0.05, 0.1) is 5.54 Å². The van der Waals surface area contributed by atoms with Gasteiger partial charge < -0.3 is 5.73 Å². The van der Waals surface area contributed by atoms with Gasteiger partial charge in [0.2, 0.25) is 5.91 Å². The molecule has 1 amide bonds. The first-order valence-corrected chi connectivity index (χ1v) is 6.71. The van der Waals surface area contributed by atoms with Crippen molar-refractivity contribution >= 4 is 5.91 Å². The number of benzene rings is 1. The Morgan fingerprint density at radius 1 is 1.39 bits per heavy atom. The van der Waals surface area contributed by atoms with Gasteiger partial charge >= 0.3 is 0 Å². The van der Waals surface area contributed by atoms with Crippen molar-refractivity contribution in [1.29, 1.82) is 0 Å². The average Bonchev–Trinajstić information content (AvgIpc) is 2.82. The molecule has 1 atom stereocenters. The lowest BCUT2D eigenvalue weighted by Crippen LogP contribution is -2.52. The third-order valence-corrected chi connectivity index (χ3v) is 4.10. The molecule has 0 spiro atoms. The molecule has 0 bridgehead atoms. The lowest BCUT2D eigenvalue weighted by molar-refractivity contribution is -0.124. The second-order valence-corrected chi connectivity index (χ2v) is 5.36. The van der Waals surface area contributed by atoms with Crippen LogP contribution in [0.15, 0.2) is 18.2 Å². The number of primary amides is 1. The van der Waals surface area contributed by atoms with E-state index in [-0.39, 0.29) is 5.91 Å². The van der Waals surface area contributed by atoms with E-state index in [0.29, 0.717) is 13.0 Å². The summed E-state index contributed by atoms with van der Waals surface area (Å²) in [7, 11) is 0. The second kappa shape index (κ2) is 5.11. The monoisotopic (exact) mass is 246 g/mol. The van der Waals surface area contributed by atoms with Crippen molar-refractivity contribution in [2.45, 2.75) is 51.6 Å². The first kappa shape index (κ1) is 13.1. The van der Waals surface area contributed by atoms with E-state index in [4.69, 9.17) is 5.73 Å². The van der Waals surface area contributed by atoms with E-state index in [1.54, 1.807) is 0 Å². The van der Waals surface area contributed by atoms with Crippen LogP contribution in [0.2, 0.25) is 0 Å². The van der Waals surface area contributed by atoms with Crippen LogP contribution in [0, 0.1) is 0 Å². The molecule has 0 fully saturated rings. The molecule has 3 nitrogen and oxygen atoms in total. The highest BCUT2D eigenvalue weighted by Gasteiger charge is 2.27. The fourth-order valence-corrected chi connectivity index (χ4v) is 2.42. The normalized spacial score (nSPS) is 17.2. The quantitative estimate of drug-likeness (QED) is 0.834. The number of hydrogen-bond donors (Lipinski definition) is 2. The van der Waals surface area contributed by atoms with Crippen molar-refractivity contribution in [2.24, 2.45) is 5.73 Å². The van der Waals surface area contributed by atoms with E-state index in [9.17, 15) is 4.79 Å². The summed E-state index contributed by atoms with van der Waals surface area (Å²) in [5, 5.41) is 3.28. The van der Waals surface area contributed by atoms with Gasteiger partial charge in [0.25, 0.3) is 0 Å². The smallest absolute Gasteiger partial charge is 0.237 e. The maximum Gasteiger partial charge on any atom is 0.237 e. The summed E-state index contributed by atoms with van der Waals surface area (Å²) in [6.45, 7) is 4.53. The molecule has 0 saturated heterocycles. The third kappa shape index (κ3) is 2.56. The summed E-state index contributed by atoms with van der Waals surface area (Å²) < 4.78 is 0. The van der Waals surface area contributed by atoms with Crippen molar-refractivity contribution in [3.63, 3.8) is 0 Å². The number of carbonyl (C=O) groups excluding carboxylic acids is 1. The fourth-order valence-electron chi connectivity index (χ4n) is 2.42. The maximum absolute atomic E-state index is 11.4. The molecule has 1 unspecified atom stereocenters. The Morgan fingerprint density at radius 2 is 2.11 bits per heavy atom. The summed E-state index contributed by atoms with van der Waals surface area (Å²) in [5.41, 5.74) is 9.00. The van der Waals surface area contributed by atoms with Crippen LogP contribution in [0.5, 0.6) is 0 Å². The molecule has 2 rings (SSSR count). The summed E-state index contributed by atoms with van der Waals surface area (Å²) in [5.74, 6) is -0.286. The first-order valence-electron chi connectivity index (χ1n) is 6.71. The van der Waals surface area contributed by atoms with Crippen LogP contribution >= 0.6 is 0 Å². The number of aryl methyl sites for hydroxylation is 2. The Morgan fingerprint density at radius 3 is 2.78 bits per heavy atom. The van der Waals surface area contributed by atoms with Gasteiger partial charge in [0.1, 0.15) is 0 Å². The molecular formula is C15H22N2O. The molecule has 1 aliphatic rings. The molecule has 3 heteroatoms. The molecular weight excluding hydrogens is 224 g/mol. The molecule has 3 N–H and O–H groups in total. The topological polar surface area (TPSA) is 55.1 Å². The largest absolute Gasteiger partial charge is 0.368 e. The molecule has 1 aliphatic carbocycles. The molecule has 18 heavy (non-hydrogen) atoms. The Bertz CT molecular complexity index is 456. The lowest BCUT2D eigenvalue weighted by Gasteiger charge is -2.26. The number of rotatable bonds is 5. The molecule has 1 aromatic rings. The number of hydrogen-bond acceptors (Lipinski definition) is 2. The minimum Gasteiger partial charge on any atom is -0.368 e. The summed E-state index contributed by atoms with van der Waals surface area (Å²) in [4.78, 5) is 11.4. The van der Waals surface area contributed by atoms with Gasteiger partial charge in [0, 0.05) is 6.54 Å². The molecule has 1 aromatic carbocycles. The zero-order valence-corrected chi connectivity index (χ0v) is 11.3. The van der Waals surface area contributed by atoms with Gasteiger partial charge in [-0.1, -0.05) is 25.1 Å². The Labute approximate surface area is 109 Å².